The molecule has 0 aliphatic carbocycles. The maximum absolute atomic E-state index is 5.68. The highest BCUT2D eigenvalue weighted by Crippen LogP contribution is 2.11. The number of hydrogen-bond donors (Lipinski definition) is 1. The van der Waals surface area contributed by atoms with E-state index in [0.717, 1.165) is 19.7 Å². The fraction of sp³-hybridized carbons (Fsp3) is 1.00. The lowest BCUT2D eigenvalue weighted by molar-refractivity contribution is 0.0612. The molecule has 17 heavy (non-hydrogen) atoms. The van der Waals surface area contributed by atoms with Gasteiger partial charge in [-0.3, -0.25) is 4.90 Å². The van der Waals surface area contributed by atoms with Crippen LogP contribution < -0.4 is 5.32 Å². The second-order valence-electron chi connectivity index (χ2n) is 6.34. The number of ether oxygens (including phenoxy) is 1. The molecular formula is C14H30N2O. The van der Waals surface area contributed by atoms with E-state index in [0.29, 0.717) is 12.1 Å². The summed E-state index contributed by atoms with van der Waals surface area (Å²) in [4.78, 5) is 2.57. The van der Waals surface area contributed by atoms with E-state index in [4.69, 9.17) is 4.74 Å². The van der Waals surface area contributed by atoms with Gasteiger partial charge < -0.3 is 10.1 Å². The number of rotatable bonds is 4. The molecule has 102 valence electrons. The second-order valence-corrected chi connectivity index (χ2v) is 6.34. The number of nitrogens with zero attached hydrogens (tertiary/aromatic N) is 1. The van der Waals surface area contributed by atoms with Crippen LogP contribution in [0.25, 0.3) is 0 Å². The Morgan fingerprint density at radius 1 is 1.41 bits per heavy atom. The van der Waals surface area contributed by atoms with E-state index in [1.54, 1.807) is 0 Å². The Labute approximate surface area is 107 Å². The van der Waals surface area contributed by atoms with Gasteiger partial charge in [0.1, 0.15) is 0 Å². The van der Waals surface area contributed by atoms with Crippen molar-refractivity contribution in [1.82, 2.24) is 10.2 Å². The molecule has 1 fully saturated rings. The monoisotopic (exact) mass is 242 g/mol. The topological polar surface area (TPSA) is 24.5 Å². The van der Waals surface area contributed by atoms with E-state index < -0.39 is 0 Å². The van der Waals surface area contributed by atoms with E-state index >= 15 is 0 Å². The SMILES string of the molecule is CC1CN(C(C)CCNC(C)(C)C)CCCO1. The Bertz CT molecular complexity index is 213. The third-order valence-corrected chi connectivity index (χ3v) is 3.32. The molecule has 1 rings (SSSR count). The molecule has 0 aromatic heterocycles. The van der Waals surface area contributed by atoms with Crippen LogP contribution in [0.15, 0.2) is 0 Å². The molecule has 2 atom stereocenters. The largest absolute Gasteiger partial charge is 0.377 e. The summed E-state index contributed by atoms with van der Waals surface area (Å²) in [5.41, 5.74) is 0.231. The summed E-state index contributed by atoms with van der Waals surface area (Å²) in [5, 5.41) is 3.56. The van der Waals surface area contributed by atoms with Crippen LogP contribution in [0.4, 0.5) is 0 Å². The molecule has 0 amide bonds. The Morgan fingerprint density at radius 2 is 2.12 bits per heavy atom. The average molecular weight is 242 g/mol. The third kappa shape index (κ3) is 6.39. The van der Waals surface area contributed by atoms with Crippen molar-refractivity contribution >= 4 is 0 Å². The van der Waals surface area contributed by atoms with Crippen molar-refractivity contribution in [2.45, 2.75) is 65.1 Å². The zero-order valence-electron chi connectivity index (χ0n) is 12.3. The lowest BCUT2D eigenvalue weighted by Crippen LogP contribution is -2.42. The van der Waals surface area contributed by atoms with Crippen molar-refractivity contribution in [3.63, 3.8) is 0 Å². The average Bonchev–Trinajstić information content (AvgIpc) is 2.40. The fourth-order valence-corrected chi connectivity index (χ4v) is 2.27. The smallest absolute Gasteiger partial charge is 0.0673 e. The molecule has 0 aromatic rings. The zero-order chi connectivity index (χ0) is 12.9. The molecule has 1 saturated heterocycles. The van der Waals surface area contributed by atoms with E-state index in [9.17, 15) is 0 Å². The minimum atomic E-state index is 0.231. The molecule has 3 heteroatoms. The normalized spacial score (nSPS) is 25.6. The minimum Gasteiger partial charge on any atom is -0.377 e. The van der Waals surface area contributed by atoms with Crippen molar-refractivity contribution in [2.75, 3.05) is 26.2 Å². The van der Waals surface area contributed by atoms with Gasteiger partial charge in [-0.15, -0.1) is 0 Å². The Hall–Kier alpha value is -0.120. The van der Waals surface area contributed by atoms with Gasteiger partial charge in [-0.05, 0) is 54.0 Å². The van der Waals surface area contributed by atoms with Crippen molar-refractivity contribution in [1.29, 1.82) is 0 Å². The van der Waals surface area contributed by atoms with E-state index in [2.05, 4.69) is 44.8 Å². The van der Waals surface area contributed by atoms with Crippen molar-refractivity contribution < 1.29 is 4.74 Å². The highest BCUT2D eigenvalue weighted by atomic mass is 16.5. The lowest BCUT2D eigenvalue weighted by atomic mass is 10.1. The van der Waals surface area contributed by atoms with Gasteiger partial charge in [0.2, 0.25) is 0 Å². The van der Waals surface area contributed by atoms with Gasteiger partial charge in [-0.2, -0.15) is 0 Å². The van der Waals surface area contributed by atoms with Crippen LogP contribution in [0.1, 0.15) is 47.5 Å². The van der Waals surface area contributed by atoms with Crippen LogP contribution in [0.5, 0.6) is 0 Å². The predicted octanol–water partition coefficient (Wildman–Crippen LogP) is 2.26. The summed E-state index contributed by atoms with van der Waals surface area (Å²) in [6.07, 6.45) is 2.77. The van der Waals surface area contributed by atoms with Crippen molar-refractivity contribution in [2.24, 2.45) is 0 Å². The summed E-state index contributed by atoms with van der Waals surface area (Å²) in [5.74, 6) is 0. The summed E-state index contributed by atoms with van der Waals surface area (Å²) in [7, 11) is 0. The van der Waals surface area contributed by atoms with Crippen LogP contribution in [-0.4, -0.2) is 48.8 Å². The van der Waals surface area contributed by atoms with Crippen LogP contribution >= 0.6 is 0 Å². The van der Waals surface area contributed by atoms with Gasteiger partial charge in [0.15, 0.2) is 0 Å². The lowest BCUT2D eigenvalue weighted by Gasteiger charge is -2.30. The van der Waals surface area contributed by atoms with Crippen molar-refractivity contribution in [3.05, 3.63) is 0 Å². The van der Waals surface area contributed by atoms with Crippen LogP contribution in [0, 0.1) is 0 Å². The summed E-state index contributed by atoms with van der Waals surface area (Å²) < 4.78 is 5.68. The molecule has 3 nitrogen and oxygen atoms in total. The maximum atomic E-state index is 5.68. The first-order valence-corrected chi connectivity index (χ1v) is 6.99. The van der Waals surface area contributed by atoms with Gasteiger partial charge in [-0.1, -0.05) is 0 Å². The number of nitrogens with one attached hydrogen (secondary N) is 1. The molecular weight excluding hydrogens is 212 g/mol. The van der Waals surface area contributed by atoms with Gasteiger partial charge in [0, 0.05) is 31.3 Å². The molecule has 0 aromatic carbocycles. The van der Waals surface area contributed by atoms with Gasteiger partial charge in [0.05, 0.1) is 6.10 Å². The second kappa shape index (κ2) is 6.72. The van der Waals surface area contributed by atoms with Gasteiger partial charge in [0.25, 0.3) is 0 Å². The molecule has 1 aliphatic rings. The van der Waals surface area contributed by atoms with Gasteiger partial charge in [-0.25, -0.2) is 0 Å². The number of hydrogen-bond acceptors (Lipinski definition) is 3. The first kappa shape index (κ1) is 14.9. The van der Waals surface area contributed by atoms with Crippen LogP contribution in [0.3, 0.4) is 0 Å². The van der Waals surface area contributed by atoms with Crippen LogP contribution in [-0.2, 0) is 4.74 Å². The van der Waals surface area contributed by atoms with Gasteiger partial charge >= 0.3 is 0 Å². The summed E-state index contributed by atoms with van der Waals surface area (Å²) >= 11 is 0. The third-order valence-electron chi connectivity index (χ3n) is 3.32. The molecule has 0 saturated carbocycles. The summed E-state index contributed by atoms with van der Waals surface area (Å²) in [6, 6.07) is 0.647. The standard InChI is InChI=1S/C14H30N2O/c1-12(7-8-15-14(3,4)5)16-9-6-10-17-13(2)11-16/h12-13,15H,6-11H2,1-5H3. The first-order chi connectivity index (χ1) is 7.88. The van der Waals surface area contributed by atoms with E-state index in [1.807, 2.05) is 0 Å². The zero-order valence-corrected chi connectivity index (χ0v) is 12.3. The minimum absolute atomic E-state index is 0.231. The quantitative estimate of drug-likeness (QED) is 0.818. The molecule has 1 N–H and O–H groups in total. The molecule has 1 heterocycles. The Kier molecular flexibility index (Phi) is 5.90. The molecule has 1 aliphatic heterocycles. The fourth-order valence-electron chi connectivity index (χ4n) is 2.27. The Balaban J connectivity index is 2.28. The van der Waals surface area contributed by atoms with E-state index in [-0.39, 0.29) is 5.54 Å². The molecule has 0 spiro atoms. The van der Waals surface area contributed by atoms with Crippen LogP contribution in [0.2, 0.25) is 0 Å². The molecule has 2 unspecified atom stereocenters. The predicted molar refractivity (Wildman–Crippen MR) is 73.4 cm³/mol. The highest BCUT2D eigenvalue weighted by molar-refractivity contribution is 4.76. The highest BCUT2D eigenvalue weighted by Gasteiger charge is 2.20. The Morgan fingerprint density at radius 3 is 2.76 bits per heavy atom. The molecule has 0 bridgehead atoms. The van der Waals surface area contributed by atoms with E-state index in [1.165, 1.54) is 19.4 Å². The first-order valence-electron chi connectivity index (χ1n) is 6.99. The van der Waals surface area contributed by atoms with Crippen molar-refractivity contribution in [3.8, 4) is 0 Å². The maximum Gasteiger partial charge on any atom is 0.0673 e. The molecule has 0 radical (unpaired) electrons. The summed E-state index contributed by atoms with van der Waals surface area (Å²) in [6.45, 7) is 15.5.